The number of carbonyl (C=O) groups is 1. The molecular weight excluding hydrogens is 385 g/mol. The summed E-state index contributed by atoms with van der Waals surface area (Å²) in [6.07, 6.45) is -0.893. The van der Waals surface area contributed by atoms with Gasteiger partial charge in [-0.25, -0.2) is 15.0 Å². The molecule has 0 aliphatic heterocycles. The van der Waals surface area contributed by atoms with Crippen LogP contribution in [0.1, 0.15) is 17.0 Å². The molecule has 2 rings (SSSR count). The lowest BCUT2D eigenvalue weighted by Gasteiger charge is -2.07. The number of furan rings is 1. The lowest BCUT2D eigenvalue weighted by atomic mass is 10.4. The molecule has 2 aromatic heterocycles. The number of hydrogen-bond donors (Lipinski definition) is 3. The normalized spacial score (nSPS) is 12.0. The first-order valence-corrected chi connectivity index (χ1v) is 8.73. The van der Waals surface area contributed by atoms with Gasteiger partial charge < -0.3 is 20.8 Å². The van der Waals surface area contributed by atoms with Gasteiger partial charge in [0.25, 0.3) is 5.91 Å². The van der Waals surface area contributed by atoms with E-state index >= 15 is 0 Å². The first kappa shape index (κ1) is 20.6. The molecule has 2 aromatic rings. The first-order valence-electron chi connectivity index (χ1n) is 7.75. The molecule has 0 saturated heterocycles. The average Bonchev–Trinajstić information content (AvgIpc) is 3.14. The van der Waals surface area contributed by atoms with Gasteiger partial charge in [-0.05, 0) is 24.6 Å². The number of aromatic nitrogens is 2. The molecule has 0 aliphatic carbocycles. The standard InChI is InChI=1S/C15H17F3N6O2S/c16-15(17,18)9-22-13(19)23-11-4-6-21-14(24-11)27-8-2-5-20-12(25)10-3-1-7-26-10/h1,3-4,6-7H,2,5,8-9H2,(H,20,25)(H3,19,21,22,23,24). The van der Waals surface area contributed by atoms with Crippen LogP contribution in [-0.4, -0.2) is 46.9 Å². The number of carbonyl (C=O) groups excluding carboxylic acids is 1. The Hall–Kier alpha value is -2.76. The lowest BCUT2D eigenvalue weighted by Crippen LogP contribution is -2.26. The van der Waals surface area contributed by atoms with E-state index in [4.69, 9.17) is 10.2 Å². The Balaban J connectivity index is 1.73. The molecule has 12 heteroatoms. The van der Waals surface area contributed by atoms with Gasteiger partial charge in [-0.1, -0.05) is 11.8 Å². The predicted molar refractivity (Wildman–Crippen MR) is 94.6 cm³/mol. The van der Waals surface area contributed by atoms with Crippen LogP contribution < -0.4 is 16.4 Å². The summed E-state index contributed by atoms with van der Waals surface area (Å²) in [6.45, 7) is -0.927. The minimum atomic E-state index is -4.43. The van der Waals surface area contributed by atoms with Gasteiger partial charge in [0.15, 0.2) is 16.9 Å². The molecule has 0 spiro atoms. The minimum absolute atomic E-state index is 0.238. The number of thioether (sulfide) groups is 1. The summed E-state index contributed by atoms with van der Waals surface area (Å²) >= 11 is 1.33. The van der Waals surface area contributed by atoms with Gasteiger partial charge in [0.2, 0.25) is 0 Å². The molecule has 0 unspecified atom stereocenters. The van der Waals surface area contributed by atoms with Crippen molar-refractivity contribution in [2.45, 2.75) is 17.8 Å². The number of nitrogens with zero attached hydrogens (tertiary/aromatic N) is 3. The smallest absolute Gasteiger partial charge is 0.408 e. The van der Waals surface area contributed by atoms with Crippen LogP contribution in [-0.2, 0) is 0 Å². The molecule has 0 bridgehead atoms. The molecule has 27 heavy (non-hydrogen) atoms. The van der Waals surface area contributed by atoms with Crippen LogP contribution in [0.4, 0.5) is 19.0 Å². The second-order valence-corrected chi connectivity index (χ2v) is 6.16. The fraction of sp³-hybridized carbons (Fsp3) is 0.333. The van der Waals surface area contributed by atoms with Gasteiger partial charge in [0.1, 0.15) is 12.4 Å². The maximum absolute atomic E-state index is 12.1. The highest BCUT2D eigenvalue weighted by molar-refractivity contribution is 7.99. The summed E-state index contributed by atoms with van der Waals surface area (Å²) < 4.78 is 41.3. The van der Waals surface area contributed by atoms with E-state index < -0.39 is 12.7 Å². The van der Waals surface area contributed by atoms with Crippen LogP contribution in [0.2, 0.25) is 0 Å². The van der Waals surface area contributed by atoms with E-state index in [-0.39, 0.29) is 23.4 Å². The van der Waals surface area contributed by atoms with E-state index in [0.717, 1.165) is 0 Å². The second-order valence-electron chi connectivity index (χ2n) is 5.10. The maximum atomic E-state index is 12.1. The molecule has 0 aromatic carbocycles. The van der Waals surface area contributed by atoms with E-state index in [0.29, 0.717) is 23.9 Å². The molecule has 2 heterocycles. The van der Waals surface area contributed by atoms with Crippen LogP contribution >= 0.6 is 11.8 Å². The number of nitrogens with two attached hydrogens (primary N) is 1. The summed E-state index contributed by atoms with van der Waals surface area (Å²) in [4.78, 5) is 23.0. The number of halogens is 3. The molecule has 0 atom stereocenters. The average molecular weight is 402 g/mol. The van der Waals surface area contributed by atoms with Crippen LogP contribution in [0.5, 0.6) is 0 Å². The highest BCUT2D eigenvalue weighted by atomic mass is 32.2. The van der Waals surface area contributed by atoms with Crippen LogP contribution in [0.3, 0.4) is 0 Å². The molecule has 0 radical (unpaired) electrons. The van der Waals surface area contributed by atoms with E-state index in [1.807, 2.05) is 0 Å². The second kappa shape index (κ2) is 9.80. The third-order valence-corrected chi connectivity index (χ3v) is 3.85. The van der Waals surface area contributed by atoms with Crippen molar-refractivity contribution in [2.75, 3.05) is 24.2 Å². The van der Waals surface area contributed by atoms with Crippen molar-refractivity contribution in [2.24, 2.45) is 10.7 Å². The summed E-state index contributed by atoms with van der Waals surface area (Å²) in [5, 5.41) is 5.61. The van der Waals surface area contributed by atoms with Crippen LogP contribution in [0, 0.1) is 0 Å². The SMILES string of the molecule is N/C(=N/CC(F)(F)F)Nc1ccnc(SCCCNC(=O)c2ccco2)n1. The van der Waals surface area contributed by atoms with Gasteiger partial charge in [0, 0.05) is 18.5 Å². The molecule has 146 valence electrons. The molecule has 8 nitrogen and oxygen atoms in total. The van der Waals surface area contributed by atoms with Crippen molar-refractivity contribution in [3.05, 3.63) is 36.4 Å². The number of rotatable bonds is 8. The Labute approximate surface area is 156 Å². The maximum Gasteiger partial charge on any atom is 0.408 e. The molecular formula is C15H17F3N6O2S. The largest absolute Gasteiger partial charge is 0.459 e. The summed E-state index contributed by atoms with van der Waals surface area (Å²) in [7, 11) is 0. The van der Waals surface area contributed by atoms with Gasteiger partial charge in [-0.2, -0.15) is 13.2 Å². The molecule has 0 fully saturated rings. The van der Waals surface area contributed by atoms with E-state index in [9.17, 15) is 18.0 Å². The van der Waals surface area contributed by atoms with Gasteiger partial charge in [-0.3, -0.25) is 4.79 Å². The Bertz CT molecular complexity index is 767. The van der Waals surface area contributed by atoms with Crippen molar-refractivity contribution in [1.82, 2.24) is 15.3 Å². The third-order valence-electron chi connectivity index (χ3n) is 2.90. The summed E-state index contributed by atoms with van der Waals surface area (Å²) in [6, 6.07) is 4.66. The van der Waals surface area contributed by atoms with E-state index in [2.05, 4.69) is 25.6 Å². The Kier molecular flexibility index (Phi) is 7.46. The molecule has 0 aliphatic rings. The Morgan fingerprint density at radius 3 is 2.89 bits per heavy atom. The number of nitrogens with one attached hydrogen (secondary N) is 2. The van der Waals surface area contributed by atoms with Crippen molar-refractivity contribution < 1.29 is 22.4 Å². The topological polar surface area (TPSA) is 118 Å². The van der Waals surface area contributed by atoms with E-state index in [1.54, 1.807) is 12.1 Å². The zero-order chi connectivity index (χ0) is 19.7. The van der Waals surface area contributed by atoms with Crippen molar-refractivity contribution >= 4 is 29.4 Å². The molecule has 0 saturated carbocycles. The first-order chi connectivity index (χ1) is 12.8. The highest BCUT2D eigenvalue weighted by Gasteiger charge is 2.26. The predicted octanol–water partition coefficient (Wildman–Crippen LogP) is 2.27. The number of aliphatic imine (C=N–C) groups is 1. The van der Waals surface area contributed by atoms with Gasteiger partial charge in [0.05, 0.1) is 6.26 Å². The van der Waals surface area contributed by atoms with Crippen molar-refractivity contribution in [1.29, 1.82) is 0 Å². The zero-order valence-electron chi connectivity index (χ0n) is 14.0. The Morgan fingerprint density at radius 2 is 2.19 bits per heavy atom. The fourth-order valence-electron chi connectivity index (χ4n) is 1.76. The van der Waals surface area contributed by atoms with Gasteiger partial charge >= 0.3 is 6.18 Å². The number of amides is 1. The lowest BCUT2D eigenvalue weighted by molar-refractivity contribution is -0.118. The van der Waals surface area contributed by atoms with Crippen LogP contribution in [0.15, 0.2) is 45.2 Å². The number of guanidine groups is 1. The number of hydrogen-bond acceptors (Lipinski definition) is 6. The zero-order valence-corrected chi connectivity index (χ0v) is 14.8. The third kappa shape index (κ3) is 7.98. The number of alkyl halides is 3. The Morgan fingerprint density at radius 1 is 1.37 bits per heavy atom. The fourth-order valence-corrected chi connectivity index (χ4v) is 2.53. The minimum Gasteiger partial charge on any atom is -0.459 e. The van der Waals surface area contributed by atoms with Gasteiger partial charge in [-0.15, -0.1) is 0 Å². The molecule has 4 N–H and O–H groups in total. The van der Waals surface area contributed by atoms with E-state index in [1.165, 1.54) is 30.3 Å². The summed E-state index contributed by atoms with van der Waals surface area (Å²) in [5.74, 6) is 0.430. The van der Waals surface area contributed by atoms with Crippen molar-refractivity contribution in [3.8, 4) is 0 Å². The van der Waals surface area contributed by atoms with Crippen molar-refractivity contribution in [3.63, 3.8) is 0 Å². The highest BCUT2D eigenvalue weighted by Crippen LogP contribution is 2.16. The monoisotopic (exact) mass is 402 g/mol. The quantitative estimate of drug-likeness (QED) is 0.204. The molecule has 1 amide bonds. The van der Waals surface area contributed by atoms with Crippen LogP contribution in [0.25, 0.3) is 0 Å². The number of anilines is 1. The summed E-state index contributed by atoms with van der Waals surface area (Å²) in [5.41, 5.74) is 5.39.